The molecule has 0 heterocycles. The molecule has 0 spiro atoms. The van der Waals surface area contributed by atoms with Crippen LogP contribution >= 0.6 is 11.6 Å². The Morgan fingerprint density at radius 3 is 2.69 bits per heavy atom. The molecule has 0 radical (unpaired) electrons. The number of rotatable bonds is 2. The fraction of sp³-hybridized carbons (Fsp3) is 0.222. The van der Waals surface area contributed by atoms with Crippen molar-refractivity contribution in [2.75, 3.05) is 5.73 Å². The molecule has 0 bridgehead atoms. The predicted octanol–water partition coefficient (Wildman–Crippen LogP) is 2.18. The molecule has 13 heavy (non-hydrogen) atoms. The third kappa shape index (κ3) is 1.75. The average molecular weight is 200 g/mol. The van der Waals surface area contributed by atoms with Crippen molar-refractivity contribution in [3.63, 3.8) is 0 Å². The molecule has 4 heteroatoms. The molecule has 0 aliphatic heterocycles. The Hall–Kier alpha value is -1.22. The number of nitrogen functional groups attached to an aromatic ring is 1. The van der Waals surface area contributed by atoms with E-state index in [9.17, 15) is 4.79 Å². The largest absolute Gasteiger partial charge is 0.478 e. The summed E-state index contributed by atoms with van der Waals surface area (Å²) in [7, 11) is 0. The minimum atomic E-state index is -1.03. The van der Waals surface area contributed by atoms with Gasteiger partial charge < -0.3 is 10.8 Å². The molecule has 0 saturated carbocycles. The summed E-state index contributed by atoms with van der Waals surface area (Å²) in [6, 6.07) is 2.98. The first-order valence-corrected chi connectivity index (χ1v) is 4.25. The van der Waals surface area contributed by atoms with Crippen LogP contribution in [0.5, 0.6) is 0 Å². The van der Waals surface area contributed by atoms with Crippen LogP contribution in [0.1, 0.15) is 22.8 Å². The fourth-order valence-corrected chi connectivity index (χ4v) is 1.55. The lowest BCUT2D eigenvalue weighted by Crippen LogP contribution is -2.02. The Kier molecular flexibility index (Phi) is 2.78. The lowest BCUT2D eigenvalue weighted by molar-refractivity contribution is 0.0697. The zero-order valence-electron chi connectivity index (χ0n) is 7.17. The number of carboxylic acid groups (broad SMARTS) is 1. The molecule has 0 aliphatic rings. The maximum Gasteiger partial charge on any atom is 0.337 e. The normalized spacial score (nSPS) is 10.0. The molecule has 0 aliphatic carbocycles. The summed E-state index contributed by atoms with van der Waals surface area (Å²) in [5, 5.41) is 9.00. The predicted molar refractivity (Wildman–Crippen MR) is 52.2 cm³/mol. The van der Waals surface area contributed by atoms with Crippen LogP contribution < -0.4 is 5.73 Å². The smallest absolute Gasteiger partial charge is 0.337 e. The Morgan fingerprint density at radius 2 is 2.23 bits per heavy atom. The van der Waals surface area contributed by atoms with Crippen LogP contribution in [0.2, 0.25) is 5.02 Å². The molecule has 1 aromatic carbocycles. The van der Waals surface area contributed by atoms with Gasteiger partial charge in [0.05, 0.1) is 10.6 Å². The number of hydrogen-bond acceptors (Lipinski definition) is 2. The van der Waals surface area contributed by atoms with Gasteiger partial charge in [0.25, 0.3) is 0 Å². The first kappa shape index (κ1) is 9.86. The van der Waals surface area contributed by atoms with Crippen molar-refractivity contribution in [3.8, 4) is 0 Å². The van der Waals surface area contributed by atoms with E-state index in [0.29, 0.717) is 17.7 Å². The number of aromatic carboxylic acids is 1. The van der Waals surface area contributed by atoms with Crippen LogP contribution in [-0.4, -0.2) is 11.1 Å². The number of benzene rings is 1. The Balaban J connectivity index is 3.35. The van der Waals surface area contributed by atoms with Crippen LogP contribution in [0, 0.1) is 0 Å². The van der Waals surface area contributed by atoms with Gasteiger partial charge in [-0.1, -0.05) is 18.5 Å². The Labute approximate surface area is 81.1 Å². The summed E-state index contributed by atoms with van der Waals surface area (Å²) in [5.41, 5.74) is 6.96. The number of carboxylic acids is 1. The molecule has 3 nitrogen and oxygen atoms in total. The molecule has 0 saturated heterocycles. The van der Waals surface area contributed by atoms with Gasteiger partial charge in [0.15, 0.2) is 0 Å². The lowest BCUT2D eigenvalue weighted by Gasteiger charge is -2.07. The van der Waals surface area contributed by atoms with Gasteiger partial charge in [-0.15, -0.1) is 0 Å². The van der Waals surface area contributed by atoms with E-state index < -0.39 is 5.97 Å². The standard InChI is InChI=1S/C9H10ClNO2/c1-2-5-7(11)4-3-6(8(5)10)9(12)13/h3-4H,2,11H2,1H3,(H,12,13). The van der Waals surface area contributed by atoms with E-state index in [1.54, 1.807) is 6.07 Å². The maximum atomic E-state index is 10.7. The Bertz CT molecular complexity index is 350. The topological polar surface area (TPSA) is 63.3 Å². The molecule has 70 valence electrons. The molecule has 0 aromatic heterocycles. The molecule has 0 unspecified atom stereocenters. The van der Waals surface area contributed by atoms with Crippen LogP contribution in [0.25, 0.3) is 0 Å². The van der Waals surface area contributed by atoms with Gasteiger partial charge in [0.2, 0.25) is 0 Å². The monoisotopic (exact) mass is 199 g/mol. The van der Waals surface area contributed by atoms with Gasteiger partial charge in [-0.3, -0.25) is 0 Å². The average Bonchev–Trinajstić information content (AvgIpc) is 2.04. The first-order valence-electron chi connectivity index (χ1n) is 3.88. The summed E-state index contributed by atoms with van der Waals surface area (Å²) in [6.07, 6.45) is 0.631. The zero-order valence-corrected chi connectivity index (χ0v) is 7.93. The van der Waals surface area contributed by atoms with E-state index in [0.717, 1.165) is 0 Å². The van der Waals surface area contributed by atoms with Gasteiger partial charge >= 0.3 is 5.97 Å². The summed E-state index contributed by atoms with van der Waals surface area (Å²) < 4.78 is 0. The lowest BCUT2D eigenvalue weighted by atomic mass is 10.1. The first-order chi connectivity index (χ1) is 6.07. The van der Waals surface area contributed by atoms with Crippen LogP contribution in [0.3, 0.4) is 0 Å². The second kappa shape index (κ2) is 3.66. The van der Waals surface area contributed by atoms with E-state index in [4.69, 9.17) is 22.4 Å². The quantitative estimate of drug-likeness (QED) is 0.718. The molecular weight excluding hydrogens is 190 g/mol. The van der Waals surface area contributed by atoms with E-state index in [1.165, 1.54) is 6.07 Å². The van der Waals surface area contributed by atoms with Gasteiger partial charge in [-0.2, -0.15) is 0 Å². The van der Waals surface area contributed by atoms with Crippen molar-refractivity contribution in [1.82, 2.24) is 0 Å². The van der Waals surface area contributed by atoms with E-state index in [1.807, 2.05) is 6.92 Å². The van der Waals surface area contributed by atoms with Gasteiger partial charge in [-0.25, -0.2) is 4.79 Å². The van der Waals surface area contributed by atoms with Crippen molar-refractivity contribution in [2.24, 2.45) is 0 Å². The second-order valence-corrected chi connectivity index (χ2v) is 3.03. The molecule has 1 aromatic rings. The third-order valence-electron chi connectivity index (χ3n) is 1.86. The number of halogens is 1. The van der Waals surface area contributed by atoms with Crippen molar-refractivity contribution in [2.45, 2.75) is 13.3 Å². The third-order valence-corrected chi connectivity index (χ3v) is 2.30. The second-order valence-electron chi connectivity index (χ2n) is 2.65. The highest BCUT2D eigenvalue weighted by atomic mass is 35.5. The number of hydrogen-bond donors (Lipinski definition) is 2. The van der Waals surface area contributed by atoms with E-state index in [-0.39, 0.29) is 10.6 Å². The van der Waals surface area contributed by atoms with Crippen LogP contribution in [0.15, 0.2) is 12.1 Å². The van der Waals surface area contributed by atoms with Crippen molar-refractivity contribution in [3.05, 3.63) is 28.3 Å². The summed E-state index contributed by atoms with van der Waals surface area (Å²) in [6.45, 7) is 1.88. The summed E-state index contributed by atoms with van der Waals surface area (Å²) >= 11 is 5.85. The van der Waals surface area contributed by atoms with Gasteiger partial charge in [0, 0.05) is 5.69 Å². The highest BCUT2D eigenvalue weighted by molar-refractivity contribution is 6.34. The molecule has 1 rings (SSSR count). The maximum absolute atomic E-state index is 10.7. The molecule has 0 amide bonds. The highest BCUT2D eigenvalue weighted by Crippen LogP contribution is 2.26. The zero-order chi connectivity index (χ0) is 10.0. The molecule has 3 N–H and O–H groups in total. The summed E-state index contributed by atoms with van der Waals surface area (Å²) in [5.74, 6) is -1.03. The van der Waals surface area contributed by atoms with Crippen LogP contribution in [-0.2, 0) is 6.42 Å². The minimum Gasteiger partial charge on any atom is -0.478 e. The number of nitrogens with two attached hydrogens (primary N) is 1. The van der Waals surface area contributed by atoms with Crippen molar-refractivity contribution in [1.29, 1.82) is 0 Å². The van der Waals surface area contributed by atoms with Crippen LogP contribution in [0.4, 0.5) is 5.69 Å². The van der Waals surface area contributed by atoms with Crippen molar-refractivity contribution < 1.29 is 9.90 Å². The number of anilines is 1. The molecular formula is C9H10ClNO2. The SMILES string of the molecule is CCc1c(N)ccc(C(=O)O)c1Cl. The van der Waals surface area contributed by atoms with Gasteiger partial charge in [-0.05, 0) is 24.1 Å². The fourth-order valence-electron chi connectivity index (χ4n) is 1.16. The highest BCUT2D eigenvalue weighted by Gasteiger charge is 2.13. The molecule has 0 fully saturated rings. The number of carbonyl (C=O) groups is 1. The van der Waals surface area contributed by atoms with E-state index in [2.05, 4.69) is 0 Å². The molecule has 0 atom stereocenters. The summed E-state index contributed by atoms with van der Waals surface area (Å²) in [4.78, 5) is 10.7. The van der Waals surface area contributed by atoms with E-state index >= 15 is 0 Å². The minimum absolute atomic E-state index is 0.104. The van der Waals surface area contributed by atoms with Gasteiger partial charge in [0.1, 0.15) is 0 Å². The Morgan fingerprint density at radius 1 is 1.62 bits per heavy atom. The van der Waals surface area contributed by atoms with Crippen molar-refractivity contribution >= 4 is 23.3 Å².